The predicted molar refractivity (Wildman–Crippen MR) is 88.6 cm³/mol. The maximum atomic E-state index is 12.8. The van der Waals surface area contributed by atoms with E-state index in [0.29, 0.717) is 36.8 Å². The van der Waals surface area contributed by atoms with E-state index in [4.69, 9.17) is 5.73 Å². The topological polar surface area (TPSA) is 81.2 Å². The van der Waals surface area contributed by atoms with Crippen molar-refractivity contribution in [2.75, 3.05) is 18.8 Å². The highest BCUT2D eigenvalue weighted by molar-refractivity contribution is 9.10. The number of nitrogen functional groups attached to an aromatic ring is 1. The number of carbonyl (C=O) groups is 1. The van der Waals surface area contributed by atoms with Gasteiger partial charge >= 0.3 is 0 Å². The Kier molecular flexibility index (Phi) is 3.90. The van der Waals surface area contributed by atoms with Crippen molar-refractivity contribution in [1.82, 2.24) is 14.5 Å². The van der Waals surface area contributed by atoms with Gasteiger partial charge in [0.05, 0.1) is 10.9 Å². The molecule has 7 heteroatoms. The van der Waals surface area contributed by atoms with Gasteiger partial charge in [-0.3, -0.25) is 14.2 Å². The number of nitrogens with two attached hydrogens (primary N) is 1. The van der Waals surface area contributed by atoms with Crippen molar-refractivity contribution >= 4 is 38.7 Å². The third-order valence-corrected chi connectivity index (χ3v) is 4.66. The van der Waals surface area contributed by atoms with Crippen LogP contribution in [0, 0.1) is 0 Å². The largest absolute Gasteiger partial charge is 0.369 e. The number of aromatic nitrogens is 2. The Morgan fingerprint density at radius 3 is 2.68 bits per heavy atom. The Hall–Kier alpha value is -1.89. The summed E-state index contributed by atoms with van der Waals surface area (Å²) in [5.41, 5.74) is 6.49. The molecule has 0 bridgehead atoms. The molecule has 0 unspecified atom stereocenters. The van der Waals surface area contributed by atoms with E-state index >= 15 is 0 Å². The van der Waals surface area contributed by atoms with Crippen LogP contribution in [-0.4, -0.2) is 33.4 Å². The number of fused-ring (bicyclic) bond motifs is 1. The maximum Gasteiger partial charge on any atom is 0.263 e. The van der Waals surface area contributed by atoms with Crippen molar-refractivity contribution in [3.05, 3.63) is 33.0 Å². The first kappa shape index (κ1) is 15.0. The Bertz CT molecular complexity index is 794. The van der Waals surface area contributed by atoms with Crippen LogP contribution in [0.4, 0.5) is 5.95 Å². The van der Waals surface area contributed by atoms with Crippen molar-refractivity contribution in [3.8, 4) is 0 Å². The molecule has 2 N–H and O–H groups in total. The van der Waals surface area contributed by atoms with Crippen LogP contribution in [0.25, 0.3) is 10.9 Å². The molecule has 1 aromatic heterocycles. The molecule has 2 aromatic rings. The molecule has 1 fully saturated rings. The molecule has 116 valence electrons. The second-order valence-corrected chi connectivity index (χ2v) is 6.46. The van der Waals surface area contributed by atoms with Crippen molar-refractivity contribution in [3.63, 3.8) is 0 Å². The number of likely N-dealkylation sites (tertiary alicyclic amines) is 1. The van der Waals surface area contributed by atoms with Gasteiger partial charge in [0.2, 0.25) is 11.9 Å². The Balaban J connectivity index is 2.01. The van der Waals surface area contributed by atoms with Crippen LogP contribution in [-0.2, 0) is 4.79 Å². The summed E-state index contributed by atoms with van der Waals surface area (Å²) in [6.07, 6.45) is 1.43. The summed E-state index contributed by atoms with van der Waals surface area (Å²) in [7, 11) is 0. The number of hydrogen-bond acceptors (Lipinski definition) is 4. The number of benzene rings is 1. The summed E-state index contributed by atoms with van der Waals surface area (Å²) in [6.45, 7) is 2.85. The van der Waals surface area contributed by atoms with Gasteiger partial charge < -0.3 is 10.6 Å². The summed E-state index contributed by atoms with van der Waals surface area (Å²) in [6, 6.07) is 5.37. The Labute approximate surface area is 136 Å². The quantitative estimate of drug-likeness (QED) is 0.837. The molecule has 1 aliphatic heterocycles. The van der Waals surface area contributed by atoms with E-state index in [0.717, 1.165) is 4.47 Å². The average molecular weight is 365 g/mol. The molecule has 1 amide bonds. The van der Waals surface area contributed by atoms with Crippen molar-refractivity contribution in [1.29, 1.82) is 0 Å². The molecular weight excluding hydrogens is 348 g/mol. The third-order valence-electron chi connectivity index (χ3n) is 4.16. The molecule has 22 heavy (non-hydrogen) atoms. The molecule has 6 nitrogen and oxygen atoms in total. The van der Waals surface area contributed by atoms with Crippen molar-refractivity contribution in [2.24, 2.45) is 0 Å². The van der Waals surface area contributed by atoms with E-state index in [1.54, 1.807) is 28.5 Å². The highest BCUT2D eigenvalue weighted by atomic mass is 79.9. The fourth-order valence-corrected chi connectivity index (χ4v) is 3.34. The standard InChI is InChI=1S/C15H17BrN4O2/c1-9(21)19-6-4-11(5-7-19)20-14(22)12-8-10(16)2-3-13(12)18-15(20)17/h2-3,8,11H,4-7H2,1H3,(H2,17,18). The third kappa shape index (κ3) is 2.61. The lowest BCUT2D eigenvalue weighted by atomic mass is 10.0. The summed E-state index contributed by atoms with van der Waals surface area (Å²) in [4.78, 5) is 30.3. The zero-order valence-corrected chi connectivity index (χ0v) is 13.8. The predicted octanol–water partition coefficient (Wildman–Crippen LogP) is 1.92. The molecule has 1 saturated heterocycles. The van der Waals surface area contributed by atoms with Crippen LogP contribution in [0.15, 0.2) is 27.5 Å². The number of rotatable bonds is 1. The molecule has 0 radical (unpaired) electrons. The molecule has 1 aromatic carbocycles. The van der Waals surface area contributed by atoms with Gasteiger partial charge in [-0.25, -0.2) is 4.98 Å². The van der Waals surface area contributed by atoms with Gasteiger partial charge in [0.25, 0.3) is 5.56 Å². The molecule has 0 saturated carbocycles. The van der Waals surface area contributed by atoms with Crippen LogP contribution in [0.5, 0.6) is 0 Å². The number of anilines is 1. The molecule has 0 atom stereocenters. The molecular formula is C15H17BrN4O2. The van der Waals surface area contributed by atoms with Crippen molar-refractivity contribution in [2.45, 2.75) is 25.8 Å². The lowest BCUT2D eigenvalue weighted by molar-refractivity contribution is -0.130. The maximum absolute atomic E-state index is 12.8. The lowest BCUT2D eigenvalue weighted by Gasteiger charge is -2.32. The first-order chi connectivity index (χ1) is 10.5. The van der Waals surface area contributed by atoms with E-state index in [1.807, 2.05) is 6.07 Å². The first-order valence-corrected chi connectivity index (χ1v) is 7.99. The zero-order chi connectivity index (χ0) is 15.9. The highest BCUT2D eigenvalue weighted by Gasteiger charge is 2.25. The average Bonchev–Trinajstić information content (AvgIpc) is 2.49. The minimum Gasteiger partial charge on any atom is -0.369 e. The summed E-state index contributed by atoms with van der Waals surface area (Å²) < 4.78 is 2.41. The second-order valence-electron chi connectivity index (χ2n) is 5.54. The van der Waals surface area contributed by atoms with E-state index in [2.05, 4.69) is 20.9 Å². The van der Waals surface area contributed by atoms with E-state index in [-0.39, 0.29) is 23.5 Å². The Morgan fingerprint density at radius 1 is 1.36 bits per heavy atom. The molecule has 1 aliphatic rings. The molecule has 0 spiro atoms. The van der Waals surface area contributed by atoms with Gasteiger partial charge in [-0.1, -0.05) is 15.9 Å². The fraction of sp³-hybridized carbons (Fsp3) is 0.400. The number of piperidine rings is 1. The number of amides is 1. The minimum atomic E-state index is -0.120. The highest BCUT2D eigenvalue weighted by Crippen LogP contribution is 2.25. The van der Waals surface area contributed by atoms with Crippen LogP contribution >= 0.6 is 15.9 Å². The van der Waals surface area contributed by atoms with Crippen molar-refractivity contribution < 1.29 is 4.79 Å². The Morgan fingerprint density at radius 2 is 2.05 bits per heavy atom. The van der Waals surface area contributed by atoms with Crippen LogP contribution < -0.4 is 11.3 Å². The van der Waals surface area contributed by atoms with Gasteiger partial charge in [-0.05, 0) is 31.0 Å². The number of hydrogen-bond donors (Lipinski definition) is 1. The lowest BCUT2D eigenvalue weighted by Crippen LogP contribution is -2.40. The first-order valence-electron chi connectivity index (χ1n) is 7.20. The normalized spacial score (nSPS) is 16.2. The number of halogens is 1. The van der Waals surface area contributed by atoms with E-state index in [1.165, 1.54) is 0 Å². The number of nitrogens with zero attached hydrogens (tertiary/aromatic N) is 3. The van der Waals surface area contributed by atoms with Crippen LogP contribution in [0.2, 0.25) is 0 Å². The van der Waals surface area contributed by atoms with Gasteiger partial charge in [-0.2, -0.15) is 0 Å². The number of carbonyl (C=O) groups excluding carboxylic acids is 1. The molecule has 3 rings (SSSR count). The SMILES string of the molecule is CC(=O)N1CCC(n2c(N)nc3ccc(Br)cc3c2=O)CC1. The van der Waals surface area contributed by atoms with Crippen LogP contribution in [0.3, 0.4) is 0 Å². The van der Waals surface area contributed by atoms with Gasteiger partial charge in [-0.15, -0.1) is 0 Å². The summed E-state index contributed by atoms with van der Waals surface area (Å²) >= 11 is 3.38. The fourth-order valence-electron chi connectivity index (χ4n) is 2.98. The van der Waals surface area contributed by atoms with Gasteiger partial charge in [0, 0.05) is 30.5 Å². The van der Waals surface area contributed by atoms with Gasteiger partial charge in [0.1, 0.15) is 0 Å². The van der Waals surface area contributed by atoms with E-state index in [9.17, 15) is 9.59 Å². The van der Waals surface area contributed by atoms with E-state index < -0.39 is 0 Å². The summed E-state index contributed by atoms with van der Waals surface area (Å²) in [5.74, 6) is 0.306. The second kappa shape index (κ2) is 5.72. The minimum absolute atomic E-state index is 0.0148. The molecule has 2 heterocycles. The van der Waals surface area contributed by atoms with Gasteiger partial charge in [0.15, 0.2) is 0 Å². The smallest absolute Gasteiger partial charge is 0.263 e. The summed E-state index contributed by atoms with van der Waals surface area (Å²) in [5, 5.41) is 0.553. The molecule has 0 aliphatic carbocycles. The van der Waals surface area contributed by atoms with Crippen LogP contribution in [0.1, 0.15) is 25.8 Å². The monoisotopic (exact) mass is 364 g/mol. The zero-order valence-electron chi connectivity index (χ0n) is 12.3.